The second-order valence-corrected chi connectivity index (χ2v) is 9.73. The molecule has 2 atom stereocenters. The number of carbonyl (C=O) groups is 1. The van der Waals surface area contributed by atoms with Gasteiger partial charge in [-0.05, 0) is 49.7 Å². The van der Waals surface area contributed by atoms with Crippen LogP contribution in [0.1, 0.15) is 36.2 Å². The van der Waals surface area contributed by atoms with Crippen molar-refractivity contribution < 1.29 is 4.79 Å². The number of thiophene rings is 1. The third-order valence-electron chi connectivity index (χ3n) is 6.55. The first-order valence-corrected chi connectivity index (χ1v) is 12.0. The molecule has 1 N–H and O–H groups in total. The number of piperazine rings is 1. The van der Waals surface area contributed by atoms with Gasteiger partial charge >= 0.3 is 6.03 Å². The summed E-state index contributed by atoms with van der Waals surface area (Å²) in [6.45, 7) is 7.78. The lowest BCUT2D eigenvalue weighted by atomic mass is 10.1. The van der Waals surface area contributed by atoms with Crippen molar-refractivity contribution in [2.75, 3.05) is 39.8 Å². The molecule has 0 bridgehead atoms. The highest BCUT2D eigenvalue weighted by molar-refractivity contribution is 7.10. The van der Waals surface area contributed by atoms with Crippen LogP contribution in [0.3, 0.4) is 0 Å². The molecule has 30 heavy (non-hydrogen) atoms. The Bertz CT molecular complexity index is 785. The number of hydrogen-bond acceptors (Lipinski definition) is 4. The Hall–Kier alpha value is -1.89. The molecule has 1 aliphatic heterocycles. The number of nitrogens with zero attached hydrogens (tertiary/aromatic N) is 3. The minimum absolute atomic E-state index is 0.0638. The third kappa shape index (κ3) is 5.42. The molecule has 1 aliphatic carbocycles. The van der Waals surface area contributed by atoms with E-state index in [1.165, 1.54) is 23.3 Å². The summed E-state index contributed by atoms with van der Waals surface area (Å²) in [6, 6.07) is 15.2. The summed E-state index contributed by atoms with van der Waals surface area (Å²) in [6.07, 6.45) is 2.47. The lowest BCUT2D eigenvalue weighted by Crippen LogP contribution is -2.51. The summed E-state index contributed by atoms with van der Waals surface area (Å²) in [4.78, 5) is 21.6. The number of hydrogen-bond donors (Lipinski definition) is 1. The Kier molecular flexibility index (Phi) is 7.08. The van der Waals surface area contributed by atoms with Gasteiger partial charge in [0.1, 0.15) is 0 Å². The molecule has 1 aromatic carbocycles. The summed E-state index contributed by atoms with van der Waals surface area (Å²) in [7, 11) is 2.18. The van der Waals surface area contributed by atoms with Crippen molar-refractivity contribution in [2.24, 2.45) is 5.92 Å². The molecule has 4 rings (SSSR count). The van der Waals surface area contributed by atoms with Crippen LogP contribution < -0.4 is 5.32 Å². The molecule has 2 fully saturated rings. The molecule has 6 heteroatoms. The van der Waals surface area contributed by atoms with Crippen molar-refractivity contribution in [2.45, 2.75) is 38.4 Å². The van der Waals surface area contributed by atoms with Crippen molar-refractivity contribution in [1.29, 1.82) is 0 Å². The quantitative estimate of drug-likeness (QED) is 0.692. The fraction of sp³-hybridized carbons (Fsp3) is 0.542. The highest BCUT2D eigenvalue weighted by Gasteiger charge is 2.35. The molecule has 0 unspecified atom stereocenters. The second-order valence-electron chi connectivity index (χ2n) is 8.75. The monoisotopic (exact) mass is 426 g/mol. The number of rotatable bonds is 8. The Morgan fingerprint density at radius 3 is 2.50 bits per heavy atom. The van der Waals surface area contributed by atoms with E-state index in [9.17, 15) is 4.79 Å². The van der Waals surface area contributed by atoms with E-state index in [2.05, 4.69) is 58.7 Å². The summed E-state index contributed by atoms with van der Waals surface area (Å²) in [5.41, 5.74) is 1.19. The lowest BCUT2D eigenvalue weighted by Gasteiger charge is -2.38. The Balaban J connectivity index is 1.43. The maximum atomic E-state index is 13.3. The lowest BCUT2D eigenvalue weighted by molar-refractivity contribution is 0.109. The first-order chi connectivity index (χ1) is 14.6. The van der Waals surface area contributed by atoms with Gasteiger partial charge in [0, 0.05) is 50.2 Å². The van der Waals surface area contributed by atoms with E-state index in [1.54, 1.807) is 11.3 Å². The predicted molar refractivity (Wildman–Crippen MR) is 124 cm³/mol. The molecule has 5 nitrogen and oxygen atoms in total. The van der Waals surface area contributed by atoms with Gasteiger partial charge in [-0.1, -0.05) is 36.4 Å². The van der Waals surface area contributed by atoms with E-state index < -0.39 is 0 Å². The van der Waals surface area contributed by atoms with Gasteiger partial charge in [-0.3, -0.25) is 4.90 Å². The highest BCUT2D eigenvalue weighted by atomic mass is 32.1. The predicted octanol–water partition coefficient (Wildman–Crippen LogP) is 4.05. The van der Waals surface area contributed by atoms with Gasteiger partial charge in [-0.25, -0.2) is 4.79 Å². The number of benzene rings is 1. The molecule has 2 amide bonds. The SMILES string of the molecule is C[C@H](C1CC1)N(Cc1ccccc1)C(=O)NC[C@H](c1cccs1)N1CCN(C)CC1. The minimum Gasteiger partial charge on any atom is -0.336 e. The van der Waals surface area contributed by atoms with Crippen molar-refractivity contribution in [3.8, 4) is 0 Å². The van der Waals surface area contributed by atoms with Crippen LogP contribution in [0.5, 0.6) is 0 Å². The van der Waals surface area contributed by atoms with Crippen LogP contribution in [0.2, 0.25) is 0 Å². The van der Waals surface area contributed by atoms with E-state index in [-0.39, 0.29) is 18.1 Å². The third-order valence-corrected chi connectivity index (χ3v) is 7.52. The topological polar surface area (TPSA) is 38.8 Å². The Labute approximate surface area is 184 Å². The standard InChI is InChI=1S/C24H34N4OS/c1-19(21-10-11-21)28(18-20-7-4-3-5-8-20)24(29)25-17-22(23-9-6-16-30-23)27-14-12-26(2)13-15-27/h3-9,16,19,21-22H,10-15,17-18H2,1-2H3,(H,25,29)/t19-,22-/m1/s1. The number of amides is 2. The zero-order valence-corrected chi connectivity index (χ0v) is 19.0. The molecule has 0 spiro atoms. The van der Waals surface area contributed by atoms with Crippen molar-refractivity contribution >= 4 is 17.4 Å². The first-order valence-electron chi connectivity index (χ1n) is 11.2. The van der Waals surface area contributed by atoms with Crippen LogP contribution in [0.25, 0.3) is 0 Å². The van der Waals surface area contributed by atoms with Crippen LogP contribution in [-0.4, -0.2) is 66.5 Å². The van der Waals surface area contributed by atoms with Crippen molar-refractivity contribution in [3.05, 3.63) is 58.3 Å². The van der Waals surface area contributed by atoms with Gasteiger partial charge in [-0.15, -0.1) is 11.3 Å². The smallest absolute Gasteiger partial charge is 0.318 e. The molecule has 2 heterocycles. The zero-order chi connectivity index (χ0) is 20.9. The van der Waals surface area contributed by atoms with Crippen molar-refractivity contribution in [1.82, 2.24) is 20.0 Å². The molecular weight excluding hydrogens is 392 g/mol. The van der Waals surface area contributed by atoms with Crippen LogP contribution in [-0.2, 0) is 6.54 Å². The summed E-state index contributed by atoms with van der Waals surface area (Å²) < 4.78 is 0. The molecule has 0 radical (unpaired) electrons. The normalized spacial score (nSPS) is 19.9. The van der Waals surface area contributed by atoms with E-state index >= 15 is 0 Å². The largest absolute Gasteiger partial charge is 0.336 e. The zero-order valence-electron chi connectivity index (χ0n) is 18.2. The average Bonchev–Trinajstić information content (AvgIpc) is 3.48. The minimum atomic E-state index is 0.0638. The Morgan fingerprint density at radius 2 is 1.87 bits per heavy atom. The molecule has 2 aliphatic rings. The fourth-order valence-electron chi connectivity index (χ4n) is 4.32. The number of urea groups is 1. The fourth-order valence-corrected chi connectivity index (χ4v) is 5.18. The molecular formula is C24H34N4OS. The molecule has 1 saturated carbocycles. The van der Waals surface area contributed by atoms with Crippen molar-refractivity contribution in [3.63, 3.8) is 0 Å². The summed E-state index contributed by atoms with van der Waals surface area (Å²) in [5.74, 6) is 0.644. The van der Waals surface area contributed by atoms with E-state index in [0.717, 1.165) is 26.2 Å². The van der Waals surface area contributed by atoms with Crippen LogP contribution in [0, 0.1) is 5.92 Å². The first kappa shape index (κ1) is 21.3. The van der Waals surface area contributed by atoms with Gasteiger partial charge < -0.3 is 15.1 Å². The molecule has 1 saturated heterocycles. The number of carbonyl (C=O) groups excluding carboxylic acids is 1. The van der Waals surface area contributed by atoms with E-state index in [0.29, 0.717) is 19.0 Å². The van der Waals surface area contributed by atoms with E-state index in [1.807, 2.05) is 23.1 Å². The van der Waals surface area contributed by atoms with Gasteiger partial charge in [0.2, 0.25) is 0 Å². The number of nitrogens with one attached hydrogen (secondary N) is 1. The maximum absolute atomic E-state index is 13.3. The van der Waals surface area contributed by atoms with E-state index in [4.69, 9.17) is 0 Å². The van der Waals surface area contributed by atoms with Crippen LogP contribution in [0.15, 0.2) is 47.8 Å². The maximum Gasteiger partial charge on any atom is 0.318 e. The second kappa shape index (κ2) is 9.94. The van der Waals surface area contributed by atoms with Crippen LogP contribution >= 0.6 is 11.3 Å². The summed E-state index contributed by atoms with van der Waals surface area (Å²) in [5, 5.41) is 5.44. The van der Waals surface area contributed by atoms with Gasteiger partial charge in [0.25, 0.3) is 0 Å². The Morgan fingerprint density at radius 1 is 1.13 bits per heavy atom. The molecule has 162 valence electrons. The molecule has 1 aromatic heterocycles. The summed E-state index contributed by atoms with van der Waals surface area (Å²) >= 11 is 1.79. The van der Waals surface area contributed by atoms with Gasteiger partial charge in [0.15, 0.2) is 0 Å². The highest BCUT2D eigenvalue weighted by Crippen LogP contribution is 2.36. The average molecular weight is 427 g/mol. The van der Waals surface area contributed by atoms with Gasteiger partial charge in [0.05, 0.1) is 6.04 Å². The van der Waals surface area contributed by atoms with Gasteiger partial charge in [-0.2, -0.15) is 0 Å². The number of likely N-dealkylation sites (N-methyl/N-ethyl adjacent to an activating group) is 1. The van der Waals surface area contributed by atoms with Crippen LogP contribution in [0.4, 0.5) is 4.79 Å². The molecule has 2 aromatic rings.